The minimum atomic E-state index is -0.172. The van der Waals surface area contributed by atoms with Crippen LogP contribution < -0.4 is 15.5 Å². The van der Waals surface area contributed by atoms with Gasteiger partial charge in [-0.15, -0.1) is 11.8 Å². The van der Waals surface area contributed by atoms with Gasteiger partial charge < -0.3 is 14.8 Å². The van der Waals surface area contributed by atoms with E-state index in [1.807, 2.05) is 30.3 Å². The Bertz CT molecular complexity index is 853. The second-order valence-electron chi connectivity index (χ2n) is 7.00. The molecule has 8 heteroatoms. The fourth-order valence-corrected chi connectivity index (χ4v) is 3.77. The summed E-state index contributed by atoms with van der Waals surface area (Å²) in [5, 5.41) is 6.80. The number of thioether (sulfide) groups is 1. The highest BCUT2D eigenvalue weighted by Crippen LogP contribution is 2.17. The Labute approximate surface area is 186 Å². The zero-order chi connectivity index (χ0) is 21.7. The maximum atomic E-state index is 11.9. The van der Waals surface area contributed by atoms with Gasteiger partial charge in [0.15, 0.2) is 6.61 Å². The first kappa shape index (κ1) is 22.8. The average Bonchev–Trinajstić information content (AvgIpc) is 3.32. The largest absolute Gasteiger partial charge is 0.484 e. The summed E-state index contributed by atoms with van der Waals surface area (Å²) in [6.45, 7) is 1.25. The van der Waals surface area contributed by atoms with Crippen molar-refractivity contribution < 1.29 is 19.1 Å². The molecular formula is C23H27N3O4S. The third-order valence-corrected chi connectivity index (χ3v) is 5.56. The summed E-state index contributed by atoms with van der Waals surface area (Å²) in [6.07, 6.45) is 4.10. The van der Waals surface area contributed by atoms with E-state index in [4.69, 9.17) is 9.47 Å². The van der Waals surface area contributed by atoms with E-state index in [-0.39, 0.29) is 24.5 Å². The van der Waals surface area contributed by atoms with Crippen LogP contribution in [0.2, 0.25) is 0 Å². The SMILES string of the molecule is O=C(COc1ccc(/C=N\NC(=O)CCSc2ccccc2)cc1)NC[C@@H]1CCCO1. The first-order valence-corrected chi connectivity index (χ1v) is 11.3. The minimum absolute atomic E-state index is 0.0444. The number of amides is 2. The highest BCUT2D eigenvalue weighted by atomic mass is 32.2. The molecule has 2 aromatic rings. The van der Waals surface area contributed by atoms with E-state index < -0.39 is 0 Å². The zero-order valence-corrected chi connectivity index (χ0v) is 18.1. The van der Waals surface area contributed by atoms with Gasteiger partial charge in [-0.1, -0.05) is 18.2 Å². The van der Waals surface area contributed by atoms with E-state index in [9.17, 15) is 9.59 Å². The molecule has 31 heavy (non-hydrogen) atoms. The van der Waals surface area contributed by atoms with E-state index in [2.05, 4.69) is 15.8 Å². The van der Waals surface area contributed by atoms with Gasteiger partial charge in [0, 0.05) is 30.2 Å². The van der Waals surface area contributed by atoms with Crippen LogP contribution in [0, 0.1) is 0 Å². The van der Waals surface area contributed by atoms with E-state index >= 15 is 0 Å². The van der Waals surface area contributed by atoms with Crippen LogP contribution in [0.4, 0.5) is 0 Å². The van der Waals surface area contributed by atoms with Crippen LogP contribution in [-0.2, 0) is 14.3 Å². The summed E-state index contributed by atoms with van der Waals surface area (Å²) >= 11 is 1.63. The molecule has 1 atom stereocenters. The lowest BCUT2D eigenvalue weighted by Gasteiger charge is -2.11. The number of rotatable bonds is 11. The smallest absolute Gasteiger partial charge is 0.258 e. The second kappa shape index (κ2) is 12.8. The Balaban J connectivity index is 1.30. The summed E-state index contributed by atoms with van der Waals surface area (Å²) in [5.74, 6) is 0.980. The second-order valence-corrected chi connectivity index (χ2v) is 8.17. The van der Waals surface area contributed by atoms with Crippen LogP contribution in [0.3, 0.4) is 0 Å². The van der Waals surface area contributed by atoms with Gasteiger partial charge in [0.05, 0.1) is 12.3 Å². The molecule has 1 aliphatic rings. The lowest BCUT2D eigenvalue weighted by molar-refractivity contribution is -0.123. The molecule has 2 aromatic carbocycles. The zero-order valence-electron chi connectivity index (χ0n) is 17.3. The molecule has 2 N–H and O–H groups in total. The molecule has 1 saturated heterocycles. The number of hydrogen-bond donors (Lipinski definition) is 2. The van der Waals surface area contributed by atoms with Crippen molar-refractivity contribution in [2.24, 2.45) is 5.10 Å². The van der Waals surface area contributed by atoms with Crippen LogP contribution in [0.25, 0.3) is 0 Å². The Kier molecular flexibility index (Phi) is 9.40. The fourth-order valence-electron chi connectivity index (χ4n) is 2.90. The lowest BCUT2D eigenvalue weighted by Crippen LogP contribution is -2.35. The molecule has 0 aliphatic carbocycles. The molecule has 0 bridgehead atoms. The molecule has 1 heterocycles. The standard InChI is InChI=1S/C23H27N3O4S/c27-22(12-14-31-21-6-2-1-3-7-21)26-25-15-18-8-10-19(11-9-18)30-17-23(28)24-16-20-5-4-13-29-20/h1-3,6-11,15,20H,4-5,12-14,16-17H2,(H,24,28)(H,26,27)/b25-15-/t20-/m0/s1. The van der Waals surface area contributed by atoms with Gasteiger partial charge >= 0.3 is 0 Å². The summed E-state index contributed by atoms with van der Waals surface area (Å²) in [4.78, 5) is 24.8. The van der Waals surface area contributed by atoms with Gasteiger partial charge in [0.25, 0.3) is 5.91 Å². The first-order chi connectivity index (χ1) is 15.2. The maximum absolute atomic E-state index is 11.9. The first-order valence-electron chi connectivity index (χ1n) is 10.3. The monoisotopic (exact) mass is 441 g/mol. The molecule has 7 nitrogen and oxygen atoms in total. The van der Waals surface area contributed by atoms with Gasteiger partial charge in [-0.3, -0.25) is 9.59 Å². The van der Waals surface area contributed by atoms with Crippen molar-refractivity contribution in [2.75, 3.05) is 25.5 Å². The number of nitrogens with zero attached hydrogens (tertiary/aromatic N) is 1. The topological polar surface area (TPSA) is 89.0 Å². The van der Waals surface area contributed by atoms with Crippen LogP contribution in [0.1, 0.15) is 24.8 Å². The van der Waals surface area contributed by atoms with E-state index in [1.165, 1.54) is 0 Å². The molecule has 164 valence electrons. The van der Waals surface area contributed by atoms with E-state index in [1.54, 1.807) is 42.2 Å². The van der Waals surface area contributed by atoms with Crippen molar-refractivity contribution in [1.82, 2.24) is 10.7 Å². The Morgan fingerprint density at radius 1 is 1.13 bits per heavy atom. The third-order valence-electron chi connectivity index (χ3n) is 4.54. The van der Waals surface area contributed by atoms with Crippen molar-refractivity contribution in [3.63, 3.8) is 0 Å². The van der Waals surface area contributed by atoms with Gasteiger partial charge in [-0.25, -0.2) is 5.43 Å². The fraction of sp³-hybridized carbons (Fsp3) is 0.348. The van der Waals surface area contributed by atoms with Crippen molar-refractivity contribution in [3.05, 3.63) is 60.2 Å². The molecule has 2 amide bonds. The Morgan fingerprint density at radius 2 is 1.94 bits per heavy atom. The number of carbonyl (C=O) groups is 2. The number of nitrogens with one attached hydrogen (secondary N) is 2. The molecule has 1 fully saturated rings. The van der Waals surface area contributed by atoms with Crippen LogP contribution in [-0.4, -0.2) is 49.6 Å². The van der Waals surface area contributed by atoms with Gasteiger partial charge in [-0.2, -0.15) is 5.10 Å². The molecule has 0 aromatic heterocycles. The van der Waals surface area contributed by atoms with Crippen LogP contribution in [0.15, 0.2) is 64.6 Å². The van der Waals surface area contributed by atoms with Crippen LogP contribution in [0.5, 0.6) is 5.75 Å². The lowest BCUT2D eigenvalue weighted by atomic mass is 10.2. The number of ether oxygens (including phenoxy) is 2. The molecule has 3 rings (SSSR count). The molecule has 0 radical (unpaired) electrons. The van der Waals surface area contributed by atoms with Gasteiger partial charge in [0.1, 0.15) is 5.75 Å². The van der Waals surface area contributed by atoms with E-state index in [0.717, 1.165) is 29.9 Å². The predicted molar refractivity (Wildman–Crippen MR) is 121 cm³/mol. The normalized spacial score (nSPS) is 15.7. The highest BCUT2D eigenvalue weighted by Gasteiger charge is 2.16. The van der Waals surface area contributed by atoms with Crippen LogP contribution >= 0.6 is 11.8 Å². The van der Waals surface area contributed by atoms with Crippen molar-refractivity contribution in [1.29, 1.82) is 0 Å². The average molecular weight is 442 g/mol. The molecule has 0 spiro atoms. The number of hydrogen-bond acceptors (Lipinski definition) is 6. The summed E-state index contributed by atoms with van der Waals surface area (Å²) in [5.41, 5.74) is 3.35. The van der Waals surface area contributed by atoms with Crippen molar-refractivity contribution in [3.8, 4) is 5.75 Å². The molecule has 0 saturated carbocycles. The highest BCUT2D eigenvalue weighted by molar-refractivity contribution is 7.99. The Morgan fingerprint density at radius 3 is 2.68 bits per heavy atom. The number of carbonyl (C=O) groups excluding carboxylic acids is 2. The van der Waals surface area contributed by atoms with Gasteiger partial charge in [-0.05, 0) is 54.8 Å². The van der Waals surface area contributed by atoms with Crippen molar-refractivity contribution in [2.45, 2.75) is 30.3 Å². The van der Waals surface area contributed by atoms with Gasteiger partial charge in [0.2, 0.25) is 5.91 Å². The molecule has 1 aliphatic heterocycles. The summed E-state index contributed by atoms with van der Waals surface area (Å²) in [7, 11) is 0. The van der Waals surface area contributed by atoms with E-state index in [0.29, 0.717) is 24.5 Å². The summed E-state index contributed by atoms with van der Waals surface area (Å²) in [6, 6.07) is 17.1. The number of benzene rings is 2. The maximum Gasteiger partial charge on any atom is 0.258 e. The minimum Gasteiger partial charge on any atom is -0.484 e. The predicted octanol–water partition coefficient (Wildman–Crippen LogP) is 2.99. The molecular weight excluding hydrogens is 414 g/mol. The third kappa shape index (κ3) is 8.82. The Hall–Kier alpha value is -2.84. The number of hydrazone groups is 1. The molecule has 0 unspecified atom stereocenters. The van der Waals surface area contributed by atoms with Crippen molar-refractivity contribution >= 4 is 29.8 Å². The quantitative estimate of drug-likeness (QED) is 0.318. The summed E-state index contributed by atoms with van der Waals surface area (Å²) < 4.78 is 11.0.